The second-order valence-corrected chi connectivity index (χ2v) is 2.87. The number of aromatic nitrogens is 1. The molecule has 14 heavy (non-hydrogen) atoms. The summed E-state index contributed by atoms with van der Waals surface area (Å²) < 4.78 is 14.8. The fraction of sp³-hybridized carbons (Fsp3) is 0. The van der Waals surface area contributed by atoms with Gasteiger partial charge >= 0.3 is 0 Å². The molecule has 1 heterocycles. The average Bonchev–Trinajstić information content (AvgIpc) is 2.71. The maximum atomic E-state index is 13.0. The van der Waals surface area contributed by atoms with Gasteiger partial charge < -0.3 is 4.57 Å². The molecule has 2 aromatic rings. The summed E-state index contributed by atoms with van der Waals surface area (Å²) in [5, 5.41) is 8.64. The van der Waals surface area contributed by atoms with E-state index in [9.17, 15) is 4.39 Å². The Hall–Kier alpha value is -2.08. The van der Waals surface area contributed by atoms with Crippen molar-refractivity contribution in [2.24, 2.45) is 0 Å². The van der Waals surface area contributed by atoms with Crippen LogP contribution >= 0.6 is 0 Å². The predicted octanol–water partition coefficient (Wildman–Crippen LogP) is 2.49. The lowest BCUT2D eigenvalue weighted by molar-refractivity contribution is 0.623. The minimum Gasteiger partial charge on any atom is -0.324 e. The molecule has 0 atom stereocenters. The third kappa shape index (κ3) is 1.38. The molecule has 0 aliphatic carbocycles. The molecule has 2 rings (SSSR count). The van der Waals surface area contributed by atoms with Crippen LogP contribution in [0.15, 0.2) is 42.7 Å². The zero-order valence-electron chi connectivity index (χ0n) is 7.31. The van der Waals surface area contributed by atoms with Gasteiger partial charge in [-0.1, -0.05) is 0 Å². The Kier molecular flexibility index (Phi) is 2.04. The van der Waals surface area contributed by atoms with Crippen molar-refractivity contribution in [3.05, 3.63) is 54.1 Å². The smallest absolute Gasteiger partial charge is 0.141 e. The predicted molar refractivity (Wildman–Crippen MR) is 50.4 cm³/mol. The summed E-state index contributed by atoms with van der Waals surface area (Å²) in [5.74, 6) is -0.483. The van der Waals surface area contributed by atoms with Crippen LogP contribution in [0, 0.1) is 17.1 Å². The summed E-state index contributed by atoms with van der Waals surface area (Å²) in [6.45, 7) is 0. The van der Waals surface area contributed by atoms with Crippen molar-refractivity contribution in [2.45, 2.75) is 0 Å². The topological polar surface area (TPSA) is 28.7 Å². The zero-order chi connectivity index (χ0) is 9.97. The van der Waals surface area contributed by atoms with Gasteiger partial charge in [-0.3, -0.25) is 0 Å². The highest BCUT2D eigenvalue weighted by Gasteiger charge is 2.02. The molecule has 1 aromatic heterocycles. The van der Waals surface area contributed by atoms with Crippen molar-refractivity contribution < 1.29 is 4.39 Å². The summed E-state index contributed by atoms with van der Waals surface area (Å²) in [7, 11) is 0. The van der Waals surface area contributed by atoms with Crippen LogP contribution in [-0.4, -0.2) is 4.57 Å². The van der Waals surface area contributed by atoms with E-state index in [1.807, 2.05) is 35.2 Å². The third-order valence-corrected chi connectivity index (χ3v) is 1.97. The van der Waals surface area contributed by atoms with E-state index in [1.54, 1.807) is 6.07 Å². The number of rotatable bonds is 1. The lowest BCUT2D eigenvalue weighted by Gasteiger charge is -2.02. The highest BCUT2D eigenvalue weighted by atomic mass is 19.1. The Morgan fingerprint density at radius 3 is 2.57 bits per heavy atom. The lowest BCUT2D eigenvalue weighted by Crippen LogP contribution is -1.92. The van der Waals surface area contributed by atoms with Gasteiger partial charge in [-0.2, -0.15) is 5.26 Å². The Morgan fingerprint density at radius 2 is 1.93 bits per heavy atom. The number of benzene rings is 1. The monoisotopic (exact) mass is 186 g/mol. The molecule has 0 aliphatic heterocycles. The van der Waals surface area contributed by atoms with E-state index < -0.39 is 5.82 Å². The molecule has 0 aliphatic rings. The molecule has 0 bridgehead atoms. The Balaban J connectivity index is 2.53. The second kappa shape index (κ2) is 3.35. The standard InChI is InChI=1S/C11H7FN2/c12-11-4-3-10(7-9(11)8-13)14-5-1-2-6-14/h1-7H. The van der Waals surface area contributed by atoms with Crippen LogP contribution in [0.5, 0.6) is 0 Å². The van der Waals surface area contributed by atoms with Crippen LogP contribution in [0.2, 0.25) is 0 Å². The van der Waals surface area contributed by atoms with Crippen molar-refractivity contribution in [3.63, 3.8) is 0 Å². The van der Waals surface area contributed by atoms with Gasteiger partial charge in [0.25, 0.3) is 0 Å². The molecule has 0 unspecified atom stereocenters. The summed E-state index contributed by atoms with van der Waals surface area (Å²) in [5.41, 5.74) is 0.851. The van der Waals surface area contributed by atoms with Gasteiger partial charge in [0.15, 0.2) is 0 Å². The van der Waals surface area contributed by atoms with Crippen molar-refractivity contribution in [2.75, 3.05) is 0 Å². The first-order chi connectivity index (χ1) is 6.81. The Bertz CT molecular complexity index is 480. The molecule has 2 nitrogen and oxygen atoms in total. The van der Waals surface area contributed by atoms with Crippen LogP contribution in [0.4, 0.5) is 4.39 Å². The third-order valence-electron chi connectivity index (χ3n) is 1.97. The van der Waals surface area contributed by atoms with Crippen LogP contribution in [0.1, 0.15) is 5.56 Å². The van der Waals surface area contributed by atoms with Crippen molar-refractivity contribution in [1.29, 1.82) is 5.26 Å². The van der Waals surface area contributed by atoms with Gasteiger partial charge in [0.1, 0.15) is 11.9 Å². The normalized spacial score (nSPS) is 9.71. The Labute approximate surface area is 80.8 Å². The fourth-order valence-electron chi connectivity index (χ4n) is 1.27. The van der Waals surface area contributed by atoms with Gasteiger partial charge in [-0.05, 0) is 30.3 Å². The number of hydrogen-bond donors (Lipinski definition) is 0. The van der Waals surface area contributed by atoms with Crippen molar-refractivity contribution in [3.8, 4) is 11.8 Å². The molecule has 0 radical (unpaired) electrons. The number of hydrogen-bond acceptors (Lipinski definition) is 1. The van der Waals surface area contributed by atoms with E-state index in [0.717, 1.165) is 5.69 Å². The molecule has 1 aromatic carbocycles. The Morgan fingerprint density at radius 1 is 1.21 bits per heavy atom. The summed E-state index contributed by atoms with van der Waals surface area (Å²) >= 11 is 0. The molecule has 0 fully saturated rings. The average molecular weight is 186 g/mol. The van der Waals surface area contributed by atoms with Gasteiger partial charge in [0, 0.05) is 18.1 Å². The highest BCUT2D eigenvalue weighted by molar-refractivity contribution is 5.42. The first kappa shape index (κ1) is 8.52. The minimum absolute atomic E-state index is 0.0659. The van der Waals surface area contributed by atoms with Crippen molar-refractivity contribution >= 4 is 0 Å². The van der Waals surface area contributed by atoms with E-state index in [2.05, 4.69) is 0 Å². The van der Waals surface area contributed by atoms with Gasteiger partial charge in [-0.25, -0.2) is 4.39 Å². The van der Waals surface area contributed by atoms with Gasteiger partial charge in [-0.15, -0.1) is 0 Å². The lowest BCUT2D eigenvalue weighted by atomic mass is 10.2. The molecule has 0 saturated heterocycles. The van der Waals surface area contributed by atoms with E-state index in [4.69, 9.17) is 5.26 Å². The number of nitriles is 1. The molecular weight excluding hydrogens is 179 g/mol. The molecule has 3 heteroatoms. The molecule has 0 saturated carbocycles. The summed E-state index contributed by atoms with van der Waals surface area (Å²) in [6.07, 6.45) is 3.68. The van der Waals surface area contributed by atoms with Crippen LogP contribution in [0.25, 0.3) is 5.69 Å². The quantitative estimate of drug-likeness (QED) is 0.672. The first-order valence-corrected chi connectivity index (χ1v) is 4.14. The maximum Gasteiger partial charge on any atom is 0.141 e. The van der Waals surface area contributed by atoms with Crippen LogP contribution in [-0.2, 0) is 0 Å². The van der Waals surface area contributed by atoms with E-state index >= 15 is 0 Å². The summed E-state index contributed by atoms with van der Waals surface area (Å²) in [4.78, 5) is 0. The first-order valence-electron chi connectivity index (χ1n) is 4.14. The SMILES string of the molecule is N#Cc1cc(-n2cccc2)ccc1F. The fourth-order valence-corrected chi connectivity index (χ4v) is 1.27. The van der Waals surface area contributed by atoms with Gasteiger partial charge in [0.05, 0.1) is 5.56 Å². The number of nitrogens with zero attached hydrogens (tertiary/aromatic N) is 2. The van der Waals surface area contributed by atoms with E-state index in [1.165, 1.54) is 12.1 Å². The highest BCUT2D eigenvalue weighted by Crippen LogP contribution is 2.13. The zero-order valence-corrected chi connectivity index (χ0v) is 7.31. The minimum atomic E-state index is -0.483. The van der Waals surface area contributed by atoms with Gasteiger partial charge in [0.2, 0.25) is 0 Å². The molecule has 0 amide bonds. The van der Waals surface area contributed by atoms with Crippen molar-refractivity contribution in [1.82, 2.24) is 4.57 Å². The molecule has 0 N–H and O–H groups in total. The summed E-state index contributed by atoms with van der Waals surface area (Å²) in [6, 6.07) is 10.0. The second-order valence-electron chi connectivity index (χ2n) is 2.87. The van der Waals surface area contributed by atoms with E-state index in [-0.39, 0.29) is 5.56 Å². The largest absolute Gasteiger partial charge is 0.324 e. The van der Waals surface area contributed by atoms with Crippen LogP contribution in [0.3, 0.4) is 0 Å². The van der Waals surface area contributed by atoms with Crippen LogP contribution < -0.4 is 0 Å². The molecular formula is C11H7FN2. The van der Waals surface area contributed by atoms with E-state index in [0.29, 0.717) is 0 Å². The number of halogens is 1. The maximum absolute atomic E-state index is 13.0. The molecule has 0 spiro atoms. The molecule has 68 valence electrons.